The van der Waals surface area contributed by atoms with Gasteiger partial charge >= 0.3 is 0 Å². The van der Waals surface area contributed by atoms with E-state index in [1.165, 1.54) is 5.56 Å². The summed E-state index contributed by atoms with van der Waals surface area (Å²) in [5.41, 5.74) is 1.25. The molecule has 7 nitrogen and oxygen atoms in total. The van der Waals surface area contributed by atoms with Gasteiger partial charge in [0, 0.05) is 33.3 Å². The molecule has 1 N–H and O–H groups in total. The first-order valence-corrected chi connectivity index (χ1v) is 11.3. The second kappa shape index (κ2) is 13.4. The second-order valence-corrected chi connectivity index (χ2v) is 7.85. The zero-order chi connectivity index (χ0) is 21.3. The van der Waals surface area contributed by atoms with Gasteiger partial charge < -0.3 is 24.4 Å². The molecule has 0 amide bonds. The maximum atomic E-state index is 6.01. The number of methoxy groups -OCH3 is 1. The minimum absolute atomic E-state index is 0. The molecule has 0 aliphatic carbocycles. The zero-order valence-corrected chi connectivity index (χ0v) is 21.7. The van der Waals surface area contributed by atoms with Crippen LogP contribution in [0.3, 0.4) is 0 Å². The Bertz CT molecular complexity index is 681. The number of nitrogens with one attached hydrogen (secondary N) is 1. The quantitative estimate of drug-likeness (QED) is 0.307. The highest BCUT2D eigenvalue weighted by atomic mass is 127. The number of benzene rings is 1. The maximum Gasteiger partial charge on any atom is 0.193 e. The van der Waals surface area contributed by atoms with Crippen molar-refractivity contribution in [1.82, 2.24) is 15.1 Å². The predicted octanol–water partition coefficient (Wildman–Crippen LogP) is 3.15. The molecule has 0 saturated carbocycles. The molecular formula is C23H39IN4O3. The van der Waals surface area contributed by atoms with Gasteiger partial charge in [-0.2, -0.15) is 0 Å². The number of hydrogen-bond acceptors (Lipinski definition) is 5. The van der Waals surface area contributed by atoms with E-state index in [-0.39, 0.29) is 42.2 Å². The highest BCUT2D eigenvalue weighted by Crippen LogP contribution is 2.24. The number of aliphatic imine (C=N–C) groups is 1. The summed E-state index contributed by atoms with van der Waals surface area (Å²) in [6.07, 6.45) is 2.55. The van der Waals surface area contributed by atoms with Crippen LogP contribution in [0.4, 0.5) is 0 Å². The summed E-state index contributed by atoms with van der Waals surface area (Å²) < 4.78 is 17.3. The number of rotatable bonds is 8. The van der Waals surface area contributed by atoms with Gasteiger partial charge in [0.25, 0.3) is 0 Å². The standard InChI is InChI=1S/C23H38N4O3.HI/c1-5-26(6-2)20(18-9-7-10-19(15-18)28-4)16-25-23(24-3)27-12-14-30-22(17-27)21-11-8-13-29-21;/h7,9-10,15,20-22H,5-6,8,11-14,16-17H2,1-4H3,(H,24,25);1H. The van der Waals surface area contributed by atoms with Crippen molar-refractivity contribution >= 4 is 29.9 Å². The van der Waals surface area contributed by atoms with E-state index in [9.17, 15) is 0 Å². The molecule has 1 aromatic carbocycles. The van der Waals surface area contributed by atoms with E-state index in [0.29, 0.717) is 6.61 Å². The van der Waals surface area contributed by atoms with Gasteiger partial charge in [-0.25, -0.2) is 0 Å². The van der Waals surface area contributed by atoms with Crippen LogP contribution in [0.15, 0.2) is 29.3 Å². The molecule has 3 unspecified atom stereocenters. The molecule has 2 fully saturated rings. The van der Waals surface area contributed by atoms with Crippen LogP contribution >= 0.6 is 24.0 Å². The molecule has 0 bridgehead atoms. The summed E-state index contributed by atoms with van der Waals surface area (Å²) in [7, 11) is 3.57. The third kappa shape index (κ3) is 6.94. The maximum absolute atomic E-state index is 6.01. The van der Waals surface area contributed by atoms with Crippen LogP contribution in [-0.2, 0) is 9.47 Å². The largest absolute Gasteiger partial charge is 0.497 e. The van der Waals surface area contributed by atoms with Crippen molar-refractivity contribution in [2.75, 3.05) is 60.1 Å². The number of morpholine rings is 1. The van der Waals surface area contributed by atoms with Crippen LogP contribution in [0.25, 0.3) is 0 Å². The number of ether oxygens (including phenoxy) is 3. The molecule has 8 heteroatoms. The van der Waals surface area contributed by atoms with Crippen molar-refractivity contribution in [2.24, 2.45) is 4.99 Å². The van der Waals surface area contributed by atoms with Crippen LogP contribution in [0.5, 0.6) is 5.75 Å². The topological polar surface area (TPSA) is 58.6 Å². The van der Waals surface area contributed by atoms with Crippen LogP contribution in [0, 0.1) is 0 Å². The average Bonchev–Trinajstić information content (AvgIpc) is 3.34. The van der Waals surface area contributed by atoms with Crippen molar-refractivity contribution in [3.63, 3.8) is 0 Å². The van der Waals surface area contributed by atoms with Gasteiger partial charge in [0.2, 0.25) is 0 Å². The van der Waals surface area contributed by atoms with Gasteiger partial charge in [-0.15, -0.1) is 24.0 Å². The summed E-state index contributed by atoms with van der Waals surface area (Å²) in [6, 6.07) is 8.61. The molecule has 0 spiro atoms. The summed E-state index contributed by atoms with van der Waals surface area (Å²) in [6.45, 7) is 10.4. The summed E-state index contributed by atoms with van der Waals surface area (Å²) in [5, 5.41) is 3.63. The molecule has 2 heterocycles. The van der Waals surface area contributed by atoms with Crippen LogP contribution in [0.1, 0.15) is 38.3 Å². The lowest BCUT2D eigenvalue weighted by atomic mass is 10.0. The number of nitrogens with zero attached hydrogens (tertiary/aromatic N) is 3. The monoisotopic (exact) mass is 546 g/mol. The SMILES string of the molecule is CCN(CC)C(CNC(=NC)N1CCOC(C2CCCO2)C1)c1cccc(OC)c1.I. The molecule has 31 heavy (non-hydrogen) atoms. The zero-order valence-electron chi connectivity index (χ0n) is 19.4. The first-order valence-electron chi connectivity index (χ1n) is 11.3. The van der Waals surface area contributed by atoms with Gasteiger partial charge in [0.05, 0.1) is 25.9 Å². The predicted molar refractivity (Wildman–Crippen MR) is 136 cm³/mol. The van der Waals surface area contributed by atoms with Gasteiger partial charge in [0.15, 0.2) is 5.96 Å². The number of hydrogen-bond donors (Lipinski definition) is 1. The molecule has 0 aromatic heterocycles. The summed E-state index contributed by atoms with van der Waals surface area (Å²) in [4.78, 5) is 9.34. The van der Waals surface area contributed by atoms with E-state index >= 15 is 0 Å². The fourth-order valence-electron chi connectivity index (χ4n) is 4.48. The Balaban J connectivity index is 0.00000341. The fraction of sp³-hybridized carbons (Fsp3) is 0.696. The molecule has 176 valence electrons. The van der Waals surface area contributed by atoms with Crippen LogP contribution in [-0.4, -0.2) is 88.1 Å². The molecule has 0 radical (unpaired) electrons. The Kier molecular flexibility index (Phi) is 11.3. The minimum Gasteiger partial charge on any atom is -0.497 e. The Morgan fingerprint density at radius 2 is 2.03 bits per heavy atom. The summed E-state index contributed by atoms with van der Waals surface area (Å²) in [5.74, 6) is 1.82. The normalized spacial score (nSPS) is 22.9. The lowest BCUT2D eigenvalue weighted by Crippen LogP contribution is -2.54. The Labute approximate surface area is 204 Å². The first-order chi connectivity index (χ1) is 14.7. The fourth-order valence-corrected chi connectivity index (χ4v) is 4.48. The van der Waals surface area contributed by atoms with Gasteiger partial charge in [0.1, 0.15) is 11.9 Å². The van der Waals surface area contributed by atoms with Crippen molar-refractivity contribution in [3.05, 3.63) is 29.8 Å². The number of guanidine groups is 1. The molecule has 1 aromatic rings. The van der Waals surface area contributed by atoms with Crippen LogP contribution < -0.4 is 10.1 Å². The lowest BCUT2D eigenvalue weighted by Gasteiger charge is -2.38. The molecule has 3 rings (SSSR count). The number of likely N-dealkylation sites (N-methyl/N-ethyl adjacent to an activating group) is 1. The van der Waals surface area contributed by atoms with E-state index in [4.69, 9.17) is 14.2 Å². The molecule has 3 atom stereocenters. The third-order valence-corrected chi connectivity index (χ3v) is 6.17. The van der Waals surface area contributed by atoms with E-state index in [2.05, 4.69) is 52.2 Å². The van der Waals surface area contributed by atoms with E-state index in [1.54, 1.807) is 7.11 Å². The Morgan fingerprint density at radius 1 is 1.26 bits per heavy atom. The molecule has 2 aliphatic heterocycles. The molecule has 2 saturated heterocycles. The highest BCUT2D eigenvalue weighted by molar-refractivity contribution is 14.0. The molecule has 2 aliphatic rings. The van der Waals surface area contributed by atoms with Gasteiger partial charge in [-0.3, -0.25) is 9.89 Å². The lowest BCUT2D eigenvalue weighted by molar-refractivity contribution is -0.0817. The Hall–Kier alpha value is -1.10. The summed E-state index contributed by atoms with van der Waals surface area (Å²) >= 11 is 0. The highest BCUT2D eigenvalue weighted by Gasteiger charge is 2.32. The Morgan fingerprint density at radius 3 is 2.68 bits per heavy atom. The van der Waals surface area contributed by atoms with Gasteiger partial charge in [-0.05, 0) is 43.6 Å². The average molecular weight is 546 g/mol. The van der Waals surface area contributed by atoms with E-state index in [0.717, 1.165) is 63.9 Å². The first kappa shape index (κ1) is 26.2. The minimum atomic E-state index is 0. The van der Waals surface area contributed by atoms with Crippen molar-refractivity contribution in [3.8, 4) is 5.75 Å². The second-order valence-electron chi connectivity index (χ2n) is 7.85. The van der Waals surface area contributed by atoms with Gasteiger partial charge in [-0.1, -0.05) is 26.0 Å². The van der Waals surface area contributed by atoms with E-state index < -0.39 is 0 Å². The van der Waals surface area contributed by atoms with Crippen molar-refractivity contribution in [2.45, 2.75) is 44.9 Å². The number of halogens is 1. The third-order valence-electron chi connectivity index (χ3n) is 6.17. The van der Waals surface area contributed by atoms with Crippen molar-refractivity contribution < 1.29 is 14.2 Å². The van der Waals surface area contributed by atoms with Crippen molar-refractivity contribution in [1.29, 1.82) is 0 Å². The van der Waals surface area contributed by atoms with Crippen LogP contribution in [0.2, 0.25) is 0 Å². The smallest absolute Gasteiger partial charge is 0.193 e. The molecular weight excluding hydrogens is 507 g/mol. The van der Waals surface area contributed by atoms with E-state index in [1.807, 2.05) is 13.1 Å².